The van der Waals surface area contributed by atoms with Gasteiger partial charge < -0.3 is 15.4 Å². The minimum atomic E-state index is 0.135. The van der Waals surface area contributed by atoms with Crippen LogP contribution in [0.2, 0.25) is 0 Å². The summed E-state index contributed by atoms with van der Waals surface area (Å²) in [6, 6.07) is 0.408. The van der Waals surface area contributed by atoms with Crippen LogP contribution in [-0.4, -0.2) is 43.7 Å². The molecule has 0 aromatic rings. The second kappa shape index (κ2) is 6.36. The summed E-state index contributed by atoms with van der Waals surface area (Å²) in [5.74, 6) is 0.775. The molecule has 0 spiro atoms. The molecule has 1 fully saturated rings. The van der Waals surface area contributed by atoms with Gasteiger partial charge in [-0.3, -0.25) is 4.79 Å². The monoisotopic (exact) mass is 242 g/mol. The summed E-state index contributed by atoms with van der Waals surface area (Å²) >= 11 is 0. The van der Waals surface area contributed by atoms with Crippen LogP contribution in [0.15, 0.2) is 0 Å². The molecular formula is C13H26N2O2. The number of methoxy groups -OCH3 is 1. The molecule has 1 amide bonds. The van der Waals surface area contributed by atoms with Gasteiger partial charge in [0.25, 0.3) is 0 Å². The van der Waals surface area contributed by atoms with Crippen LogP contribution in [0.3, 0.4) is 0 Å². The van der Waals surface area contributed by atoms with Crippen LogP contribution in [0.5, 0.6) is 0 Å². The summed E-state index contributed by atoms with van der Waals surface area (Å²) in [5.41, 5.74) is 5.93. The van der Waals surface area contributed by atoms with Crippen molar-refractivity contribution in [3.05, 3.63) is 0 Å². The average molecular weight is 242 g/mol. The minimum absolute atomic E-state index is 0.135. The van der Waals surface area contributed by atoms with Gasteiger partial charge in [0.2, 0.25) is 5.91 Å². The zero-order valence-electron chi connectivity index (χ0n) is 11.5. The Kier molecular flexibility index (Phi) is 5.40. The van der Waals surface area contributed by atoms with Crippen molar-refractivity contribution in [3.63, 3.8) is 0 Å². The molecular weight excluding hydrogens is 216 g/mol. The molecule has 1 aliphatic rings. The predicted molar refractivity (Wildman–Crippen MR) is 68.6 cm³/mol. The van der Waals surface area contributed by atoms with Gasteiger partial charge in [-0.2, -0.15) is 0 Å². The fourth-order valence-electron chi connectivity index (χ4n) is 2.64. The maximum atomic E-state index is 12.4. The van der Waals surface area contributed by atoms with Gasteiger partial charge in [0.05, 0.1) is 12.6 Å². The van der Waals surface area contributed by atoms with E-state index in [1.54, 1.807) is 7.11 Å². The van der Waals surface area contributed by atoms with Crippen molar-refractivity contribution in [3.8, 4) is 0 Å². The smallest absolute Gasteiger partial charge is 0.226 e. The van der Waals surface area contributed by atoms with Gasteiger partial charge in [-0.15, -0.1) is 0 Å². The number of nitrogens with zero attached hydrogens (tertiary/aromatic N) is 1. The molecule has 17 heavy (non-hydrogen) atoms. The lowest BCUT2D eigenvalue weighted by Gasteiger charge is -2.35. The molecule has 4 atom stereocenters. The summed E-state index contributed by atoms with van der Waals surface area (Å²) in [7, 11) is 3.53. The average Bonchev–Trinajstić information content (AvgIpc) is 2.27. The molecule has 0 heterocycles. The Labute approximate surface area is 104 Å². The Balaban J connectivity index is 2.56. The fourth-order valence-corrected chi connectivity index (χ4v) is 2.64. The van der Waals surface area contributed by atoms with Crippen LogP contribution in [0.1, 0.15) is 33.1 Å². The predicted octanol–water partition coefficient (Wildman–Crippen LogP) is 1.24. The molecule has 1 saturated carbocycles. The number of amides is 1. The molecule has 0 aromatic carbocycles. The van der Waals surface area contributed by atoms with Crippen molar-refractivity contribution in [1.82, 2.24) is 4.90 Å². The lowest BCUT2D eigenvalue weighted by atomic mass is 9.77. The number of rotatable bonds is 4. The van der Waals surface area contributed by atoms with E-state index < -0.39 is 0 Å². The fraction of sp³-hybridized carbons (Fsp3) is 0.923. The van der Waals surface area contributed by atoms with Crippen LogP contribution in [0.4, 0.5) is 0 Å². The summed E-state index contributed by atoms with van der Waals surface area (Å²) in [6.45, 7) is 4.74. The van der Waals surface area contributed by atoms with E-state index in [9.17, 15) is 4.79 Å². The maximum Gasteiger partial charge on any atom is 0.226 e. The van der Waals surface area contributed by atoms with E-state index in [1.165, 1.54) is 0 Å². The lowest BCUT2D eigenvalue weighted by molar-refractivity contribution is -0.139. The van der Waals surface area contributed by atoms with Crippen molar-refractivity contribution in [2.75, 3.05) is 20.8 Å². The van der Waals surface area contributed by atoms with Gasteiger partial charge in [-0.25, -0.2) is 0 Å². The molecule has 4 nitrogen and oxygen atoms in total. The highest BCUT2D eigenvalue weighted by atomic mass is 16.5. The Morgan fingerprint density at radius 3 is 2.71 bits per heavy atom. The van der Waals surface area contributed by atoms with Crippen molar-refractivity contribution in [2.45, 2.75) is 45.2 Å². The Hall–Kier alpha value is -0.610. The van der Waals surface area contributed by atoms with Crippen molar-refractivity contribution >= 4 is 5.91 Å². The third-order valence-electron chi connectivity index (χ3n) is 3.94. The van der Waals surface area contributed by atoms with Gasteiger partial charge in [0, 0.05) is 26.1 Å². The molecule has 1 aliphatic carbocycles. The molecule has 4 heteroatoms. The van der Waals surface area contributed by atoms with Crippen LogP contribution in [-0.2, 0) is 9.53 Å². The van der Waals surface area contributed by atoms with Gasteiger partial charge in [-0.1, -0.05) is 6.92 Å². The number of carbonyl (C=O) groups is 1. The highest BCUT2D eigenvalue weighted by molar-refractivity contribution is 5.79. The van der Waals surface area contributed by atoms with Crippen LogP contribution in [0, 0.1) is 11.8 Å². The summed E-state index contributed by atoms with van der Waals surface area (Å²) < 4.78 is 5.09. The third kappa shape index (κ3) is 3.68. The van der Waals surface area contributed by atoms with Gasteiger partial charge in [-0.05, 0) is 32.1 Å². The van der Waals surface area contributed by atoms with Crippen molar-refractivity contribution in [1.29, 1.82) is 0 Å². The van der Waals surface area contributed by atoms with E-state index >= 15 is 0 Å². The molecule has 1 rings (SSSR count). The normalized spacial score (nSPS) is 31.0. The van der Waals surface area contributed by atoms with E-state index in [2.05, 4.69) is 6.92 Å². The molecule has 0 aromatic heterocycles. The molecule has 0 radical (unpaired) electrons. The Morgan fingerprint density at radius 1 is 1.53 bits per heavy atom. The van der Waals surface area contributed by atoms with Gasteiger partial charge in [0.1, 0.15) is 0 Å². The van der Waals surface area contributed by atoms with E-state index in [0.29, 0.717) is 12.5 Å². The van der Waals surface area contributed by atoms with E-state index in [1.807, 2.05) is 18.9 Å². The van der Waals surface area contributed by atoms with Crippen LogP contribution in [0.25, 0.3) is 0 Å². The van der Waals surface area contributed by atoms with E-state index in [0.717, 1.165) is 19.3 Å². The zero-order valence-corrected chi connectivity index (χ0v) is 11.5. The molecule has 0 bridgehead atoms. The molecule has 2 N–H and O–H groups in total. The van der Waals surface area contributed by atoms with E-state index in [-0.39, 0.29) is 23.9 Å². The Bertz CT molecular complexity index is 258. The van der Waals surface area contributed by atoms with Crippen molar-refractivity contribution in [2.24, 2.45) is 17.6 Å². The lowest BCUT2D eigenvalue weighted by Crippen LogP contribution is -2.45. The highest BCUT2D eigenvalue weighted by Crippen LogP contribution is 2.30. The first-order valence-corrected chi connectivity index (χ1v) is 6.48. The van der Waals surface area contributed by atoms with E-state index in [4.69, 9.17) is 10.5 Å². The minimum Gasteiger partial charge on any atom is -0.383 e. The second-order valence-electron chi connectivity index (χ2n) is 5.41. The zero-order chi connectivity index (χ0) is 13.0. The van der Waals surface area contributed by atoms with Crippen LogP contribution >= 0.6 is 0 Å². The van der Waals surface area contributed by atoms with Crippen LogP contribution < -0.4 is 5.73 Å². The number of hydrogen-bond donors (Lipinski definition) is 1. The van der Waals surface area contributed by atoms with Gasteiger partial charge in [0.15, 0.2) is 0 Å². The molecule has 100 valence electrons. The first-order valence-electron chi connectivity index (χ1n) is 6.48. The topological polar surface area (TPSA) is 55.6 Å². The number of hydrogen-bond acceptors (Lipinski definition) is 3. The van der Waals surface area contributed by atoms with Gasteiger partial charge >= 0.3 is 0 Å². The number of carbonyl (C=O) groups excluding carboxylic acids is 1. The summed E-state index contributed by atoms with van der Waals surface area (Å²) in [5, 5.41) is 0. The third-order valence-corrected chi connectivity index (χ3v) is 3.94. The summed E-state index contributed by atoms with van der Waals surface area (Å²) in [6.07, 6.45) is 2.85. The quantitative estimate of drug-likeness (QED) is 0.807. The number of nitrogens with two attached hydrogens (primary N) is 1. The van der Waals surface area contributed by atoms with Crippen molar-refractivity contribution < 1.29 is 9.53 Å². The highest BCUT2D eigenvalue weighted by Gasteiger charge is 2.33. The second-order valence-corrected chi connectivity index (χ2v) is 5.41. The standard InChI is InChI=1S/C13H26N2O2/c1-9-7-11(14)5-6-12(9)13(16)15(3)10(2)8-17-4/h9-12H,5-8,14H2,1-4H3. The number of ether oxygens (including phenoxy) is 1. The largest absolute Gasteiger partial charge is 0.383 e. The maximum absolute atomic E-state index is 12.4. The number of likely N-dealkylation sites (N-methyl/N-ethyl adjacent to an activating group) is 1. The molecule has 0 aliphatic heterocycles. The summed E-state index contributed by atoms with van der Waals surface area (Å²) in [4.78, 5) is 14.2. The SMILES string of the molecule is COCC(C)N(C)C(=O)C1CCC(N)CC1C. The molecule has 4 unspecified atom stereocenters. The first kappa shape index (κ1) is 14.5. The first-order chi connectivity index (χ1) is 7.97. The Morgan fingerprint density at radius 2 is 2.18 bits per heavy atom. The molecule has 0 saturated heterocycles.